The molecule has 0 amide bonds. The van der Waals surface area contributed by atoms with Crippen LogP contribution in [0.3, 0.4) is 0 Å². The molecule has 0 saturated carbocycles. The molecule has 0 spiro atoms. The van der Waals surface area contributed by atoms with Crippen molar-refractivity contribution in [3.63, 3.8) is 0 Å². The molecule has 1 heterocycles. The van der Waals surface area contributed by atoms with Gasteiger partial charge in [0.1, 0.15) is 10.9 Å². The second kappa shape index (κ2) is 11.5. The van der Waals surface area contributed by atoms with Gasteiger partial charge in [-0.1, -0.05) is 90.6 Å². The quantitative estimate of drug-likeness (QED) is 0.121. The molecule has 5 aromatic rings. The normalized spacial score (nSPS) is 12.6. The highest BCUT2D eigenvalue weighted by molar-refractivity contribution is 8.04. The Morgan fingerprint density at radius 2 is 0.921 bits per heavy atom. The average Bonchev–Trinajstić information content (AvgIpc) is 2.92. The SMILES string of the molecule is F[B-](F)(F)F.c1ccc(Cc2ccc(-c3ccc([S+]4c5ccccc5Sc5ccccc54)cc3)cc2)cc1. The third kappa shape index (κ3) is 6.52. The maximum Gasteiger partial charge on any atom is 0.673 e. The zero-order valence-corrected chi connectivity index (χ0v) is 21.9. The van der Waals surface area contributed by atoms with Gasteiger partial charge in [0.05, 0.1) is 9.79 Å². The Morgan fingerprint density at radius 3 is 1.45 bits per heavy atom. The number of rotatable bonds is 4. The summed E-state index contributed by atoms with van der Waals surface area (Å²) in [6.07, 6.45) is 0.972. The third-order valence-corrected chi connectivity index (χ3v) is 9.73. The molecule has 38 heavy (non-hydrogen) atoms. The van der Waals surface area contributed by atoms with E-state index in [2.05, 4.69) is 127 Å². The summed E-state index contributed by atoms with van der Waals surface area (Å²) in [6, 6.07) is 46.6. The number of hydrogen-bond donors (Lipinski definition) is 0. The van der Waals surface area contributed by atoms with Crippen LogP contribution in [-0.2, 0) is 17.3 Å². The van der Waals surface area contributed by atoms with E-state index < -0.39 is 7.25 Å². The Kier molecular flexibility index (Phi) is 7.96. The first-order valence-corrected chi connectivity index (χ1v) is 14.1. The Bertz CT molecular complexity index is 1450. The molecule has 1 aliphatic rings. The monoisotopic (exact) mass is 546 g/mol. The molecular weight excluding hydrogens is 523 g/mol. The predicted octanol–water partition coefficient (Wildman–Crippen LogP) is 9.80. The van der Waals surface area contributed by atoms with Gasteiger partial charge in [-0.05, 0) is 77.2 Å². The molecule has 0 bridgehead atoms. The maximum atomic E-state index is 9.75. The largest absolute Gasteiger partial charge is 0.673 e. The van der Waals surface area contributed by atoms with E-state index in [1.54, 1.807) is 0 Å². The molecular formula is C31H23BF4S2. The van der Waals surface area contributed by atoms with Crippen LogP contribution in [0.4, 0.5) is 17.3 Å². The molecule has 0 unspecified atom stereocenters. The van der Waals surface area contributed by atoms with Crippen molar-refractivity contribution in [2.45, 2.75) is 30.9 Å². The van der Waals surface area contributed by atoms with Crippen molar-refractivity contribution in [2.75, 3.05) is 0 Å². The number of halogens is 4. The smallest absolute Gasteiger partial charge is 0.418 e. The maximum absolute atomic E-state index is 9.75. The van der Waals surface area contributed by atoms with Crippen LogP contribution in [0.15, 0.2) is 152 Å². The first kappa shape index (κ1) is 26.2. The van der Waals surface area contributed by atoms with Crippen molar-refractivity contribution >= 4 is 29.9 Å². The fourth-order valence-corrected chi connectivity index (χ4v) is 8.07. The molecule has 6 rings (SSSR count). The van der Waals surface area contributed by atoms with Gasteiger partial charge in [-0.2, -0.15) is 0 Å². The van der Waals surface area contributed by atoms with E-state index in [1.807, 2.05) is 11.8 Å². The second-order valence-electron chi connectivity index (χ2n) is 8.68. The van der Waals surface area contributed by atoms with E-state index in [1.165, 1.54) is 46.7 Å². The van der Waals surface area contributed by atoms with E-state index in [4.69, 9.17) is 0 Å². The van der Waals surface area contributed by atoms with Gasteiger partial charge in [-0.25, -0.2) is 0 Å². The highest BCUT2D eigenvalue weighted by Crippen LogP contribution is 2.48. The van der Waals surface area contributed by atoms with Gasteiger partial charge in [-0.15, -0.1) is 0 Å². The summed E-state index contributed by atoms with van der Waals surface area (Å²) in [5.74, 6) is 0. The Hall–Kier alpha value is -3.42. The summed E-state index contributed by atoms with van der Waals surface area (Å²) in [7, 11) is -6.07. The highest BCUT2D eigenvalue weighted by Gasteiger charge is 2.37. The van der Waals surface area contributed by atoms with Crippen LogP contribution < -0.4 is 0 Å². The molecule has 0 N–H and O–H groups in total. The summed E-state index contributed by atoms with van der Waals surface area (Å²) >= 11 is 1.89. The Labute approximate surface area is 227 Å². The zero-order valence-electron chi connectivity index (χ0n) is 20.2. The van der Waals surface area contributed by atoms with E-state index in [9.17, 15) is 17.3 Å². The van der Waals surface area contributed by atoms with Gasteiger partial charge in [0.15, 0.2) is 14.7 Å². The molecule has 0 aromatic heterocycles. The van der Waals surface area contributed by atoms with Crippen LogP contribution in [0, 0.1) is 0 Å². The van der Waals surface area contributed by atoms with Crippen molar-refractivity contribution in [3.8, 4) is 11.1 Å². The molecule has 0 nitrogen and oxygen atoms in total. The number of fused-ring (bicyclic) bond motifs is 2. The van der Waals surface area contributed by atoms with Crippen molar-refractivity contribution in [3.05, 3.63) is 139 Å². The molecule has 1 aliphatic heterocycles. The van der Waals surface area contributed by atoms with Crippen molar-refractivity contribution < 1.29 is 17.3 Å². The van der Waals surface area contributed by atoms with Crippen molar-refractivity contribution in [1.82, 2.24) is 0 Å². The summed E-state index contributed by atoms with van der Waals surface area (Å²) < 4.78 is 39.0. The zero-order chi connectivity index (χ0) is 26.5. The van der Waals surface area contributed by atoms with Crippen molar-refractivity contribution in [2.24, 2.45) is 0 Å². The van der Waals surface area contributed by atoms with E-state index in [-0.39, 0.29) is 10.9 Å². The van der Waals surface area contributed by atoms with Crippen LogP contribution in [0.2, 0.25) is 0 Å². The first-order chi connectivity index (χ1) is 18.3. The average molecular weight is 546 g/mol. The van der Waals surface area contributed by atoms with E-state index >= 15 is 0 Å². The summed E-state index contributed by atoms with van der Waals surface area (Å²) in [4.78, 5) is 6.98. The van der Waals surface area contributed by atoms with E-state index in [0.717, 1.165) is 6.42 Å². The molecule has 0 atom stereocenters. The summed E-state index contributed by atoms with van der Waals surface area (Å²) in [5.41, 5.74) is 5.22. The molecule has 0 aliphatic carbocycles. The van der Waals surface area contributed by atoms with Crippen molar-refractivity contribution in [1.29, 1.82) is 0 Å². The van der Waals surface area contributed by atoms with Gasteiger partial charge in [-0.3, -0.25) is 0 Å². The van der Waals surface area contributed by atoms with Gasteiger partial charge >= 0.3 is 7.25 Å². The standard InChI is InChI=1S/C31H23S2.BF4/c1-2-8-23(9-3-1)22-24-14-16-25(17-15-24)26-18-20-27(21-19-26)33-30-12-6-4-10-28(30)32-29-11-5-7-13-31(29)33;2-1(3,4)5/h1-21H,22H2;/q+1;-1. The fraction of sp³-hybridized carbons (Fsp3) is 0.0323. The predicted molar refractivity (Wildman–Crippen MR) is 150 cm³/mol. The molecule has 190 valence electrons. The Balaban J connectivity index is 0.000000540. The minimum absolute atomic E-state index is 0.0697. The van der Waals surface area contributed by atoms with Gasteiger partial charge in [0.25, 0.3) is 0 Å². The van der Waals surface area contributed by atoms with Crippen LogP contribution >= 0.6 is 11.8 Å². The lowest BCUT2D eigenvalue weighted by molar-refractivity contribution is 0.368. The lowest BCUT2D eigenvalue weighted by Gasteiger charge is -2.18. The highest BCUT2D eigenvalue weighted by atomic mass is 32.2. The lowest BCUT2D eigenvalue weighted by atomic mass is 10.0. The summed E-state index contributed by atoms with van der Waals surface area (Å²) in [6.45, 7) is 0. The molecule has 0 saturated heterocycles. The minimum Gasteiger partial charge on any atom is -0.418 e. The van der Waals surface area contributed by atoms with Crippen LogP contribution in [0.5, 0.6) is 0 Å². The van der Waals surface area contributed by atoms with Crippen LogP contribution in [-0.4, -0.2) is 7.25 Å². The van der Waals surface area contributed by atoms with Gasteiger partial charge in [0, 0.05) is 0 Å². The molecule has 5 aromatic carbocycles. The number of hydrogen-bond acceptors (Lipinski definition) is 1. The van der Waals surface area contributed by atoms with Gasteiger partial charge < -0.3 is 17.3 Å². The minimum atomic E-state index is -6.00. The number of benzene rings is 5. The van der Waals surface area contributed by atoms with Gasteiger partial charge in [0.2, 0.25) is 0 Å². The first-order valence-electron chi connectivity index (χ1n) is 12.1. The van der Waals surface area contributed by atoms with Crippen LogP contribution in [0.1, 0.15) is 11.1 Å². The topological polar surface area (TPSA) is 0 Å². The van der Waals surface area contributed by atoms with Crippen LogP contribution in [0.25, 0.3) is 11.1 Å². The molecule has 0 fully saturated rings. The molecule has 0 radical (unpaired) electrons. The van der Waals surface area contributed by atoms with E-state index in [0.29, 0.717) is 0 Å². The summed E-state index contributed by atoms with van der Waals surface area (Å²) in [5, 5.41) is 0. The Morgan fingerprint density at radius 1 is 0.500 bits per heavy atom. The third-order valence-electron chi connectivity index (χ3n) is 5.99. The lowest BCUT2D eigenvalue weighted by Crippen LogP contribution is -2.10. The molecule has 7 heteroatoms. The second-order valence-corrected chi connectivity index (χ2v) is 11.7. The fourth-order valence-electron chi connectivity index (χ4n) is 4.33.